The number of aliphatic hydroxyl groups excluding tert-OH is 2. The van der Waals surface area contributed by atoms with Gasteiger partial charge in [-0.3, -0.25) is 4.90 Å². The molecule has 0 radical (unpaired) electrons. The van der Waals surface area contributed by atoms with Crippen molar-refractivity contribution in [2.45, 2.75) is 44.6 Å². The van der Waals surface area contributed by atoms with Crippen LogP contribution in [0.4, 0.5) is 0 Å². The van der Waals surface area contributed by atoms with Crippen molar-refractivity contribution in [3.05, 3.63) is 0 Å². The normalized spacial score (nSPS) is 24.2. The Labute approximate surface area is 110 Å². The first-order valence-electron chi connectivity index (χ1n) is 7.33. The monoisotopic (exact) mass is 257 g/mol. The van der Waals surface area contributed by atoms with Crippen molar-refractivity contribution in [2.24, 2.45) is 5.41 Å². The predicted molar refractivity (Wildman–Crippen MR) is 70.5 cm³/mol. The quantitative estimate of drug-likeness (QED) is 0.715. The molecule has 106 valence electrons. The average molecular weight is 257 g/mol. The molecule has 0 spiro atoms. The van der Waals surface area contributed by atoms with Crippen LogP contribution in [-0.2, 0) is 4.74 Å². The highest BCUT2D eigenvalue weighted by molar-refractivity contribution is 4.89. The van der Waals surface area contributed by atoms with E-state index in [0.29, 0.717) is 6.04 Å². The zero-order valence-corrected chi connectivity index (χ0v) is 11.3. The molecule has 1 heterocycles. The van der Waals surface area contributed by atoms with E-state index in [9.17, 15) is 5.11 Å². The van der Waals surface area contributed by atoms with E-state index in [0.717, 1.165) is 45.6 Å². The minimum absolute atomic E-state index is 0.0310. The molecule has 1 saturated heterocycles. The number of hydrogen-bond acceptors (Lipinski definition) is 4. The number of hydrogen-bond donors (Lipinski definition) is 2. The SMILES string of the molecule is OCCCN(CC1(CO)CCOCC1)C1CCC1. The summed E-state index contributed by atoms with van der Waals surface area (Å²) < 4.78 is 5.42. The van der Waals surface area contributed by atoms with Gasteiger partial charge in [0.05, 0.1) is 6.61 Å². The van der Waals surface area contributed by atoms with Gasteiger partial charge in [-0.1, -0.05) is 6.42 Å². The summed E-state index contributed by atoms with van der Waals surface area (Å²) >= 11 is 0. The first-order valence-corrected chi connectivity index (χ1v) is 7.33. The smallest absolute Gasteiger partial charge is 0.0501 e. The maximum absolute atomic E-state index is 9.76. The Balaban J connectivity index is 1.91. The fourth-order valence-electron chi connectivity index (χ4n) is 3.02. The predicted octanol–water partition coefficient (Wildman–Crippen LogP) is 1.01. The molecule has 0 bridgehead atoms. The Bertz CT molecular complexity index is 237. The first kappa shape index (κ1) is 14.3. The van der Waals surface area contributed by atoms with Gasteiger partial charge in [-0.05, 0) is 32.1 Å². The molecule has 2 rings (SSSR count). The Kier molecular flexibility index (Phi) is 5.42. The van der Waals surface area contributed by atoms with Crippen molar-refractivity contribution in [2.75, 3.05) is 39.5 Å². The summed E-state index contributed by atoms with van der Waals surface area (Å²) in [5, 5.41) is 18.8. The maximum Gasteiger partial charge on any atom is 0.0501 e. The second-order valence-electron chi connectivity index (χ2n) is 5.90. The Morgan fingerprint density at radius 2 is 1.89 bits per heavy atom. The third-order valence-electron chi connectivity index (χ3n) is 4.62. The fourth-order valence-corrected chi connectivity index (χ4v) is 3.02. The molecule has 2 aliphatic rings. The van der Waals surface area contributed by atoms with E-state index >= 15 is 0 Å². The van der Waals surface area contributed by atoms with E-state index in [4.69, 9.17) is 9.84 Å². The third-order valence-corrected chi connectivity index (χ3v) is 4.62. The van der Waals surface area contributed by atoms with Gasteiger partial charge in [-0.15, -0.1) is 0 Å². The summed E-state index contributed by atoms with van der Waals surface area (Å²) in [5.41, 5.74) is 0.0310. The summed E-state index contributed by atoms with van der Waals surface area (Å²) in [6.07, 6.45) is 6.66. The van der Waals surface area contributed by atoms with Crippen LogP contribution in [0.2, 0.25) is 0 Å². The number of nitrogens with zero attached hydrogens (tertiary/aromatic N) is 1. The van der Waals surface area contributed by atoms with Gasteiger partial charge < -0.3 is 14.9 Å². The van der Waals surface area contributed by atoms with Gasteiger partial charge in [-0.25, -0.2) is 0 Å². The lowest BCUT2D eigenvalue weighted by Gasteiger charge is -2.45. The molecule has 2 fully saturated rings. The van der Waals surface area contributed by atoms with Gasteiger partial charge in [0.25, 0.3) is 0 Å². The standard InChI is InChI=1S/C14H27NO3/c16-8-2-7-15(13-3-1-4-13)11-14(12-17)5-9-18-10-6-14/h13,16-17H,1-12H2. The number of aliphatic hydroxyl groups is 2. The lowest BCUT2D eigenvalue weighted by atomic mass is 9.79. The molecule has 0 atom stereocenters. The van der Waals surface area contributed by atoms with E-state index in [2.05, 4.69) is 4.90 Å². The Morgan fingerprint density at radius 1 is 1.17 bits per heavy atom. The van der Waals surface area contributed by atoms with Crippen molar-refractivity contribution in [1.29, 1.82) is 0 Å². The summed E-state index contributed by atoms with van der Waals surface area (Å²) in [7, 11) is 0. The molecule has 4 nitrogen and oxygen atoms in total. The molecule has 4 heteroatoms. The van der Waals surface area contributed by atoms with Crippen molar-refractivity contribution in [1.82, 2.24) is 4.90 Å². The van der Waals surface area contributed by atoms with E-state index < -0.39 is 0 Å². The van der Waals surface area contributed by atoms with Gasteiger partial charge in [0.2, 0.25) is 0 Å². The van der Waals surface area contributed by atoms with Crippen LogP contribution in [0, 0.1) is 5.41 Å². The zero-order chi connectivity index (χ0) is 12.8. The summed E-state index contributed by atoms with van der Waals surface area (Å²) in [6, 6.07) is 0.683. The molecule has 1 saturated carbocycles. The van der Waals surface area contributed by atoms with Crippen molar-refractivity contribution >= 4 is 0 Å². The first-order chi connectivity index (χ1) is 8.79. The molecule has 0 aromatic heterocycles. The second kappa shape index (κ2) is 6.85. The van der Waals surface area contributed by atoms with Crippen LogP contribution in [0.1, 0.15) is 38.5 Å². The molecule has 1 aliphatic carbocycles. The van der Waals surface area contributed by atoms with E-state index in [-0.39, 0.29) is 18.6 Å². The van der Waals surface area contributed by atoms with E-state index in [1.54, 1.807) is 0 Å². The molecule has 0 amide bonds. The largest absolute Gasteiger partial charge is 0.396 e. The van der Waals surface area contributed by atoms with E-state index in [1.807, 2.05) is 0 Å². The summed E-state index contributed by atoms with van der Waals surface area (Å²) in [6.45, 7) is 4.01. The Morgan fingerprint density at radius 3 is 2.39 bits per heavy atom. The minimum atomic E-state index is 0.0310. The highest BCUT2D eigenvalue weighted by atomic mass is 16.5. The Hall–Kier alpha value is -0.160. The lowest BCUT2D eigenvalue weighted by Crippen LogP contribution is -2.50. The average Bonchev–Trinajstić information content (AvgIpc) is 2.35. The highest BCUT2D eigenvalue weighted by Gasteiger charge is 2.36. The second-order valence-corrected chi connectivity index (χ2v) is 5.90. The van der Waals surface area contributed by atoms with Gasteiger partial charge in [0.15, 0.2) is 0 Å². The van der Waals surface area contributed by atoms with Gasteiger partial charge in [0, 0.05) is 44.4 Å². The molecule has 0 unspecified atom stereocenters. The van der Waals surface area contributed by atoms with Gasteiger partial charge in [-0.2, -0.15) is 0 Å². The van der Waals surface area contributed by atoms with Crippen molar-refractivity contribution in [3.63, 3.8) is 0 Å². The van der Waals surface area contributed by atoms with Crippen LogP contribution in [0.5, 0.6) is 0 Å². The number of ether oxygens (including phenoxy) is 1. The molecule has 1 aliphatic heterocycles. The fraction of sp³-hybridized carbons (Fsp3) is 1.00. The maximum atomic E-state index is 9.76. The van der Waals surface area contributed by atoms with Crippen LogP contribution >= 0.6 is 0 Å². The molecule has 18 heavy (non-hydrogen) atoms. The molecular formula is C14H27NO3. The van der Waals surface area contributed by atoms with Crippen molar-refractivity contribution < 1.29 is 14.9 Å². The molecule has 0 aromatic carbocycles. The van der Waals surface area contributed by atoms with Crippen LogP contribution < -0.4 is 0 Å². The van der Waals surface area contributed by atoms with Crippen LogP contribution in [0.25, 0.3) is 0 Å². The molecule has 0 aromatic rings. The summed E-state index contributed by atoms with van der Waals surface area (Å²) in [5.74, 6) is 0. The topological polar surface area (TPSA) is 52.9 Å². The van der Waals surface area contributed by atoms with Gasteiger partial charge in [0.1, 0.15) is 0 Å². The van der Waals surface area contributed by atoms with Crippen LogP contribution in [-0.4, -0.2) is 60.7 Å². The van der Waals surface area contributed by atoms with Crippen LogP contribution in [0.3, 0.4) is 0 Å². The molecular weight excluding hydrogens is 230 g/mol. The minimum Gasteiger partial charge on any atom is -0.396 e. The van der Waals surface area contributed by atoms with Crippen molar-refractivity contribution in [3.8, 4) is 0 Å². The molecule has 2 N–H and O–H groups in total. The summed E-state index contributed by atoms with van der Waals surface area (Å²) in [4.78, 5) is 2.50. The number of rotatable bonds is 7. The highest BCUT2D eigenvalue weighted by Crippen LogP contribution is 2.34. The lowest BCUT2D eigenvalue weighted by molar-refractivity contribution is -0.0476. The van der Waals surface area contributed by atoms with E-state index in [1.165, 1.54) is 19.3 Å². The zero-order valence-electron chi connectivity index (χ0n) is 11.3. The van der Waals surface area contributed by atoms with Crippen LogP contribution in [0.15, 0.2) is 0 Å². The van der Waals surface area contributed by atoms with Gasteiger partial charge >= 0.3 is 0 Å². The third kappa shape index (κ3) is 3.44.